The maximum absolute atomic E-state index is 11.6. The summed E-state index contributed by atoms with van der Waals surface area (Å²) < 4.78 is 10.0. The highest BCUT2D eigenvalue weighted by molar-refractivity contribution is 5.81. The molecule has 0 aromatic heterocycles. The van der Waals surface area contributed by atoms with Crippen LogP contribution in [0.5, 0.6) is 0 Å². The first-order valence-corrected chi connectivity index (χ1v) is 5.21. The number of methoxy groups -OCH3 is 1. The number of aliphatic hydroxyl groups is 1. The van der Waals surface area contributed by atoms with Gasteiger partial charge in [-0.15, -0.1) is 0 Å². The Kier molecular flexibility index (Phi) is 5.01. The fourth-order valence-corrected chi connectivity index (χ4v) is 1.60. The minimum atomic E-state index is -0.657. The number of carbonyl (C=O) groups is 1. The normalized spacial score (nSPS) is 27.7. The topological polar surface area (TPSA) is 67.8 Å². The van der Waals surface area contributed by atoms with Crippen LogP contribution in [0.1, 0.15) is 13.3 Å². The van der Waals surface area contributed by atoms with Gasteiger partial charge in [0.1, 0.15) is 6.10 Å². The van der Waals surface area contributed by atoms with Crippen LogP contribution in [0.15, 0.2) is 0 Å². The molecule has 15 heavy (non-hydrogen) atoms. The Morgan fingerprint density at radius 1 is 1.73 bits per heavy atom. The average Bonchev–Trinajstić information content (AvgIpc) is 2.61. The lowest BCUT2D eigenvalue weighted by Crippen LogP contribution is -2.41. The molecule has 1 fully saturated rings. The van der Waals surface area contributed by atoms with Gasteiger partial charge in [-0.25, -0.2) is 0 Å². The molecule has 0 bridgehead atoms. The minimum Gasteiger partial charge on any atom is -0.389 e. The van der Waals surface area contributed by atoms with Crippen LogP contribution in [0.3, 0.4) is 0 Å². The van der Waals surface area contributed by atoms with Crippen molar-refractivity contribution in [2.75, 3.05) is 26.9 Å². The Labute approximate surface area is 89.8 Å². The number of nitrogens with one attached hydrogen (secondary N) is 1. The average molecular weight is 217 g/mol. The molecule has 1 heterocycles. The highest BCUT2D eigenvalue weighted by Gasteiger charge is 2.30. The van der Waals surface area contributed by atoms with Crippen molar-refractivity contribution < 1.29 is 19.4 Å². The molecule has 0 spiro atoms. The lowest BCUT2D eigenvalue weighted by atomic mass is 10.0. The van der Waals surface area contributed by atoms with Crippen LogP contribution in [-0.2, 0) is 14.3 Å². The SMILES string of the molecule is COCC(O)CNC(=O)C1OCCC1C. The zero-order valence-corrected chi connectivity index (χ0v) is 9.23. The van der Waals surface area contributed by atoms with E-state index < -0.39 is 6.10 Å². The van der Waals surface area contributed by atoms with Gasteiger partial charge in [0, 0.05) is 20.3 Å². The van der Waals surface area contributed by atoms with Gasteiger partial charge in [-0.05, 0) is 12.3 Å². The Morgan fingerprint density at radius 2 is 2.47 bits per heavy atom. The lowest BCUT2D eigenvalue weighted by Gasteiger charge is -2.16. The molecule has 1 saturated heterocycles. The second-order valence-electron chi connectivity index (χ2n) is 3.91. The monoisotopic (exact) mass is 217 g/mol. The third-order valence-corrected chi connectivity index (χ3v) is 2.52. The van der Waals surface area contributed by atoms with Crippen LogP contribution >= 0.6 is 0 Å². The molecule has 1 amide bonds. The van der Waals surface area contributed by atoms with E-state index in [1.54, 1.807) is 0 Å². The Bertz CT molecular complexity index is 210. The van der Waals surface area contributed by atoms with Crippen molar-refractivity contribution in [1.82, 2.24) is 5.32 Å². The smallest absolute Gasteiger partial charge is 0.249 e. The minimum absolute atomic E-state index is 0.143. The first-order chi connectivity index (χ1) is 7.15. The summed E-state index contributed by atoms with van der Waals surface area (Å²) in [6.45, 7) is 3.06. The number of carbonyl (C=O) groups excluding carboxylic acids is 1. The van der Waals surface area contributed by atoms with Crippen molar-refractivity contribution in [3.8, 4) is 0 Å². The largest absolute Gasteiger partial charge is 0.389 e. The van der Waals surface area contributed by atoms with Crippen molar-refractivity contribution in [2.24, 2.45) is 5.92 Å². The summed E-state index contributed by atoms with van der Waals surface area (Å²) in [5, 5.41) is 12.0. The molecule has 3 unspecified atom stereocenters. The van der Waals surface area contributed by atoms with E-state index in [1.165, 1.54) is 7.11 Å². The fraction of sp³-hybridized carbons (Fsp3) is 0.900. The number of amides is 1. The molecular weight excluding hydrogens is 198 g/mol. The van der Waals surface area contributed by atoms with Gasteiger partial charge < -0.3 is 19.9 Å². The van der Waals surface area contributed by atoms with E-state index in [-0.39, 0.29) is 31.1 Å². The molecule has 0 saturated carbocycles. The van der Waals surface area contributed by atoms with Gasteiger partial charge in [-0.1, -0.05) is 6.92 Å². The predicted octanol–water partition coefficient (Wildman–Crippen LogP) is -0.465. The summed E-state index contributed by atoms with van der Waals surface area (Å²) in [6, 6.07) is 0. The van der Waals surface area contributed by atoms with E-state index in [1.807, 2.05) is 6.92 Å². The summed E-state index contributed by atoms with van der Waals surface area (Å²) in [7, 11) is 1.51. The molecule has 0 aliphatic carbocycles. The van der Waals surface area contributed by atoms with Gasteiger partial charge in [-0.2, -0.15) is 0 Å². The van der Waals surface area contributed by atoms with Crippen LogP contribution in [0.4, 0.5) is 0 Å². The number of rotatable bonds is 5. The van der Waals surface area contributed by atoms with Crippen molar-refractivity contribution >= 4 is 5.91 Å². The third kappa shape index (κ3) is 3.77. The van der Waals surface area contributed by atoms with Gasteiger partial charge in [0.2, 0.25) is 5.91 Å². The number of ether oxygens (including phenoxy) is 2. The molecule has 0 radical (unpaired) electrons. The predicted molar refractivity (Wildman–Crippen MR) is 54.4 cm³/mol. The molecule has 1 aliphatic rings. The van der Waals surface area contributed by atoms with E-state index >= 15 is 0 Å². The summed E-state index contributed by atoms with van der Waals surface area (Å²) >= 11 is 0. The zero-order valence-electron chi connectivity index (χ0n) is 9.23. The summed E-state index contributed by atoms with van der Waals surface area (Å²) in [5.74, 6) is 0.111. The molecule has 1 rings (SSSR count). The summed E-state index contributed by atoms with van der Waals surface area (Å²) in [4.78, 5) is 11.6. The fourth-order valence-electron chi connectivity index (χ4n) is 1.60. The van der Waals surface area contributed by atoms with E-state index in [0.717, 1.165) is 6.42 Å². The van der Waals surface area contributed by atoms with Crippen molar-refractivity contribution in [2.45, 2.75) is 25.6 Å². The number of aliphatic hydroxyl groups excluding tert-OH is 1. The molecule has 3 atom stereocenters. The van der Waals surface area contributed by atoms with Gasteiger partial charge in [-0.3, -0.25) is 4.79 Å². The molecular formula is C10H19NO4. The molecule has 5 nitrogen and oxygen atoms in total. The lowest BCUT2D eigenvalue weighted by molar-refractivity contribution is -0.132. The van der Waals surface area contributed by atoms with Gasteiger partial charge in [0.25, 0.3) is 0 Å². The molecule has 5 heteroatoms. The van der Waals surface area contributed by atoms with E-state index in [0.29, 0.717) is 6.61 Å². The van der Waals surface area contributed by atoms with Crippen molar-refractivity contribution in [1.29, 1.82) is 0 Å². The van der Waals surface area contributed by atoms with Gasteiger partial charge in [0.15, 0.2) is 0 Å². The molecule has 88 valence electrons. The van der Waals surface area contributed by atoms with Crippen molar-refractivity contribution in [3.05, 3.63) is 0 Å². The first kappa shape index (κ1) is 12.4. The molecule has 0 aromatic carbocycles. The highest BCUT2D eigenvalue weighted by atomic mass is 16.5. The number of hydrogen-bond acceptors (Lipinski definition) is 4. The Balaban J connectivity index is 2.23. The Morgan fingerprint density at radius 3 is 3.00 bits per heavy atom. The molecule has 0 aromatic rings. The number of hydrogen-bond donors (Lipinski definition) is 2. The van der Waals surface area contributed by atoms with Gasteiger partial charge in [0.05, 0.1) is 12.7 Å². The summed E-state index contributed by atoms with van der Waals surface area (Å²) in [5.41, 5.74) is 0. The van der Waals surface area contributed by atoms with E-state index in [9.17, 15) is 9.90 Å². The van der Waals surface area contributed by atoms with E-state index in [2.05, 4.69) is 5.32 Å². The van der Waals surface area contributed by atoms with Crippen LogP contribution in [0.2, 0.25) is 0 Å². The second-order valence-corrected chi connectivity index (χ2v) is 3.91. The Hall–Kier alpha value is -0.650. The second kappa shape index (κ2) is 6.05. The first-order valence-electron chi connectivity index (χ1n) is 5.21. The zero-order chi connectivity index (χ0) is 11.3. The highest BCUT2D eigenvalue weighted by Crippen LogP contribution is 2.19. The van der Waals surface area contributed by atoms with Crippen LogP contribution < -0.4 is 5.32 Å². The van der Waals surface area contributed by atoms with E-state index in [4.69, 9.17) is 9.47 Å². The van der Waals surface area contributed by atoms with Crippen molar-refractivity contribution in [3.63, 3.8) is 0 Å². The molecule has 2 N–H and O–H groups in total. The van der Waals surface area contributed by atoms with Gasteiger partial charge >= 0.3 is 0 Å². The third-order valence-electron chi connectivity index (χ3n) is 2.52. The summed E-state index contributed by atoms with van der Waals surface area (Å²) in [6.07, 6.45) is -0.103. The maximum atomic E-state index is 11.6. The van der Waals surface area contributed by atoms with Crippen LogP contribution in [-0.4, -0.2) is 50.1 Å². The molecule has 1 aliphatic heterocycles. The van der Waals surface area contributed by atoms with Crippen LogP contribution in [0, 0.1) is 5.92 Å². The standard InChI is InChI=1S/C10H19NO4/c1-7-3-4-15-9(7)10(13)11-5-8(12)6-14-2/h7-9,12H,3-6H2,1-2H3,(H,11,13). The maximum Gasteiger partial charge on any atom is 0.249 e. The quantitative estimate of drug-likeness (QED) is 0.653. The van der Waals surface area contributed by atoms with Crippen LogP contribution in [0.25, 0.3) is 0 Å².